The van der Waals surface area contributed by atoms with Crippen molar-refractivity contribution in [3.63, 3.8) is 0 Å². The number of aliphatic hydroxyl groups excluding tert-OH is 1. The van der Waals surface area contributed by atoms with E-state index in [4.69, 9.17) is 14.2 Å². The Morgan fingerprint density at radius 3 is 2.60 bits per heavy atom. The lowest BCUT2D eigenvalue weighted by Crippen LogP contribution is -2.14. The van der Waals surface area contributed by atoms with E-state index in [1.807, 2.05) is 24.3 Å². The molecule has 0 saturated heterocycles. The number of aliphatic hydroxyl groups is 1. The van der Waals surface area contributed by atoms with Gasteiger partial charge in [0, 0.05) is 33.5 Å². The number of para-hydroxylation sites is 1. The molecule has 0 aliphatic heterocycles. The van der Waals surface area contributed by atoms with Crippen LogP contribution in [-0.4, -0.2) is 45.8 Å². The predicted molar refractivity (Wildman–Crippen MR) is 79.2 cm³/mol. The van der Waals surface area contributed by atoms with Crippen LogP contribution in [0.4, 0.5) is 0 Å². The Labute approximate surface area is 121 Å². The molecule has 0 aromatic heterocycles. The maximum absolute atomic E-state index is 9.48. The normalized spacial score (nSPS) is 12.3. The average molecular weight is 282 g/mol. The molecule has 0 aliphatic carbocycles. The highest BCUT2D eigenvalue weighted by Crippen LogP contribution is 2.22. The van der Waals surface area contributed by atoms with Crippen LogP contribution in [0.2, 0.25) is 0 Å². The summed E-state index contributed by atoms with van der Waals surface area (Å²) in [6.45, 7) is 2.27. The van der Waals surface area contributed by atoms with Gasteiger partial charge in [0.25, 0.3) is 0 Å². The fraction of sp³-hybridized carbons (Fsp3) is 0.625. The van der Waals surface area contributed by atoms with E-state index < -0.39 is 0 Å². The lowest BCUT2D eigenvalue weighted by atomic mass is 9.97. The van der Waals surface area contributed by atoms with Crippen LogP contribution in [0.5, 0.6) is 5.75 Å². The van der Waals surface area contributed by atoms with Crippen molar-refractivity contribution in [2.24, 2.45) is 5.92 Å². The molecule has 0 aliphatic rings. The molecule has 1 atom stereocenters. The summed E-state index contributed by atoms with van der Waals surface area (Å²) >= 11 is 0. The van der Waals surface area contributed by atoms with Crippen molar-refractivity contribution in [2.45, 2.75) is 19.3 Å². The summed E-state index contributed by atoms with van der Waals surface area (Å²) in [4.78, 5) is 0. The SMILES string of the molecule is COCCCOCCC(CO)Cc1ccccc1OC. The van der Waals surface area contributed by atoms with Crippen molar-refractivity contribution in [1.82, 2.24) is 0 Å². The molecule has 0 spiro atoms. The summed E-state index contributed by atoms with van der Waals surface area (Å²) in [5.74, 6) is 1.08. The first-order chi connectivity index (χ1) is 9.81. The van der Waals surface area contributed by atoms with Crippen LogP contribution in [0.3, 0.4) is 0 Å². The maximum Gasteiger partial charge on any atom is 0.122 e. The molecule has 20 heavy (non-hydrogen) atoms. The van der Waals surface area contributed by atoms with Gasteiger partial charge in [0.1, 0.15) is 5.75 Å². The monoisotopic (exact) mass is 282 g/mol. The zero-order chi connectivity index (χ0) is 14.6. The number of hydrogen-bond acceptors (Lipinski definition) is 4. The molecule has 1 aromatic rings. The van der Waals surface area contributed by atoms with E-state index >= 15 is 0 Å². The minimum Gasteiger partial charge on any atom is -0.496 e. The second kappa shape index (κ2) is 10.7. The van der Waals surface area contributed by atoms with Crippen LogP contribution in [0, 0.1) is 5.92 Å². The van der Waals surface area contributed by atoms with Gasteiger partial charge in [0.2, 0.25) is 0 Å². The Kier molecular flexibility index (Phi) is 9.04. The van der Waals surface area contributed by atoms with Crippen LogP contribution in [0.1, 0.15) is 18.4 Å². The van der Waals surface area contributed by atoms with Gasteiger partial charge in [-0.3, -0.25) is 0 Å². The molecule has 0 fully saturated rings. The third kappa shape index (κ3) is 6.37. The number of rotatable bonds is 11. The van der Waals surface area contributed by atoms with Crippen LogP contribution in [0.25, 0.3) is 0 Å². The quantitative estimate of drug-likeness (QED) is 0.633. The van der Waals surface area contributed by atoms with E-state index in [1.54, 1.807) is 14.2 Å². The van der Waals surface area contributed by atoms with Gasteiger partial charge in [-0.05, 0) is 36.8 Å². The fourth-order valence-corrected chi connectivity index (χ4v) is 2.10. The fourth-order valence-electron chi connectivity index (χ4n) is 2.10. The van der Waals surface area contributed by atoms with Crippen LogP contribution in [-0.2, 0) is 15.9 Å². The summed E-state index contributed by atoms with van der Waals surface area (Å²) in [7, 11) is 3.36. The molecule has 4 nitrogen and oxygen atoms in total. The maximum atomic E-state index is 9.48. The van der Waals surface area contributed by atoms with E-state index in [9.17, 15) is 5.11 Å². The molecular weight excluding hydrogens is 256 g/mol. The number of benzene rings is 1. The Morgan fingerprint density at radius 2 is 1.90 bits per heavy atom. The standard InChI is InChI=1S/C16H26O4/c1-18-9-5-10-20-11-8-14(13-17)12-15-6-3-4-7-16(15)19-2/h3-4,6-7,14,17H,5,8-13H2,1-2H3. The van der Waals surface area contributed by atoms with Gasteiger partial charge in [0.05, 0.1) is 7.11 Å². The van der Waals surface area contributed by atoms with E-state index in [-0.39, 0.29) is 12.5 Å². The summed E-state index contributed by atoms with van der Waals surface area (Å²) in [6.07, 6.45) is 2.57. The molecule has 0 amide bonds. The van der Waals surface area contributed by atoms with Crippen molar-refractivity contribution in [2.75, 3.05) is 40.6 Å². The van der Waals surface area contributed by atoms with Gasteiger partial charge < -0.3 is 19.3 Å². The zero-order valence-corrected chi connectivity index (χ0v) is 12.5. The first-order valence-electron chi connectivity index (χ1n) is 7.11. The first-order valence-corrected chi connectivity index (χ1v) is 7.11. The lowest BCUT2D eigenvalue weighted by Gasteiger charge is -2.16. The highest BCUT2D eigenvalue weighted by Gasteiger charge is 2.11. The van der Waals surface area contributed by atoms with Gasteiger partial charge in [-0.25, -0.2) is 0 Å². The second-order valence-corrected chi connectivity index (χ2v) is 4.81. The summed E-state index contributed by atoms with van der Waals surface area (Å²) in [5, 5.41) is 9.48. The molecule has 0 heterocycles. The van der Waals surface area contributed by atoms with E-state index in [0.29, 0.717) is 13.2 Å². The molecule has 0 saturated carbocycles. The predicted octanol–water partition coefficient (Wildman–Crippen LogP) is 2.29. The second-order valence-electron chi connectivity index (χ2n) is 4.81. The van der Waals surface area contributed by atoms with Crippen molar-refractivity contribution >= 4 is 0 Å². The Hall–Kier alpha value is -1.10. The van der Waals surface area contributed by atoms with Gasteiger partial charge in [-0.2, -0.15) is 0 Å². The van der Waals surface area contributed by atoms with Crippen molar-refractivity contribution in [1.29, 1.82) is 0 Å². The van der Waals surface area contributed by atoms with Crippen LogP contribution < -0.4 is 4.74 Å². The highest BCUT2D eigenvalue weighted by molar-refractivity contribution is 5.33. The Bertz CT molecular complexity index is 354. The molecule has 1 aromatic carbocycles. The van der Waals surface area contributed by atoms with Crippen molar-refractivity contribution < 1.29 is 19.3 Å². The van der Waals surface area contributed by atoms with E-state index in [2.05, 4.69) is 0 Å². The Morgan fingerprint density at radius 1 is 1.10 bits per heavy atom. The number of methoxy groups -OCH3 is 2. The van der Waals surface area contributed by atoms with Crippen LogP contribution in [0.15, 0.2) is 24.3 Å². The molecule has 4 heteroatoms. The summed E-state index contributed by atoms with van der Waals surface area (Å²) < 4.78 is 15.8. The minimum absolute atomic E-state index is 0.166. The van der Waals surface area contributed by atoms with Gasteiger partial charge in [0.15, 0.2) is 0 Å². The zero-order valence-electron chi connectivity index (χ0n) is 12.5. The lowest BCUT2D eigenvalue weighted by molar-refractivity contribution is 0.0856. The molecule has 0 radical (unpaired) electrons. The van der Waals surface area contributed by atoms with Crippen LogP contribution >= 0.6 is 0 Å². The average Bonchev–Trinajstić information content (AvgIpc) is 2.50. The largest absolute Gasteiger partial charge is 0.496 e. The summed E-state index contributed by atoms with van der Waals surface area (Å²) in [5.41, 5.74) is 1.13. The van der Waals surface area contributed by atoms with Crippen molar-refractivity contribution in [3.8, 4) is 5.75 Å². The molecule has 1 unspecified atom stereocenters. The summed E-state index contributed by atoms with van der Waals surface area (Å²) in [6, 6.07) is 7.94. The van der Waals surface area contributed by atoms with E-state index in [0.717, 1.165) is 37.2 Å². The highest BCUT2D eigenvalue weighted by atomic mass is 16.5. The number of hydrogen-bond donors (Lipinski definition) is 1. The minimum atomic E-state index is 0.166. The Balaban J connectivity index is 2.31. The molecule has 0 bridgehead atoms. The van der Waals surface area contributed by atoms with Gasteiger partial charge in [-0.15, -0.1) is 0 Å². The smallest absolute Gasteiger partial charge is 0.122 e. The molecule has 114 valence electrons. The first kappa shape index (κ1) is 17.0. The van der Waals surface area contributed by atoms with E-state index in [1.165, 1.54) is 0 Å². The molecule has 1 rings (SSSR count). The third-order valence-corrected chi connectivity index (χ3v) is 3.27. The van der Waals surface area contributed by atoms with Crippen molar-refractivity contribution in [3.05, 3.63) is 29.8 Å². The molecular formula is C16H26O4. The topological polar surface area (TPSA) is 47.9 Å². The number of ether oxygens (including phenoxy) is 3. The van der Waals surface area contributed by atoms with Gasteiger partial charge >= 0.3 is 0 Å². The molecule has 1 N–H and O–H groups in total. The third-order valence-electron chi connectivity index (χ3n) is 3.27. The van der Waals surface area contributed by atoms with Gasteiger partial charge in [-0.1, -0.05) is 18.2 Å².